The van der Waals surface area contributed by atoms with Crippen molar-refractivity contribution in [2.45, 2.75) is 12.5 Å². The molecule has 1 aromatic rings. The van der Waals surface area contributed by atoms with Gasteiger partial charge in [0.25, 0.3) is 0 Å². The number of nitrogens with one attached hydrogen (secondary N) is 1. The van der Waals surface area contributed by atoms with E-state index in [9.17, 15) is 4.39 Å². The van der Waals surface area contributed by atoms with E-state index in [1.165, 1.54) is 6.07 Å². The van der Waals surface area contributed by atoms with E-state index >= 15 is 0 Å². The lowest BCUT2D eigenvalue weighted by atomic mass is 10.2. The molecule has 0 saturated carbocycles. The Bertz CT molecular complexity index is 328. The number of ether oxygens (including phenoxy) is 1. The van der Waals surface area contributed by atoms with E-state index in [0.717, 1.165) is 0 Å². The summed E-state index contributed by atoms with van der Waals surface area (Å²) < 4.78 is 18.1. The predicted molar refractivity (Wildman–Crippen MR) is 61.8 cm³/mol. The van der Waals surface area contributed by atoms with Crippen LogP contribution in [0.1, 0.15) is 6.42 Å². The van der Waals surface area contributed by atoms with Gasteiger partial charge >= 0.3 is 0 Å². The number of nitrogen functional groups attached to an aromatic ring is 1. The lowest BCUT2D eigenvalue weighted by molar-refractivity contribution is 0.170. The standard InChI is InChI=1S/C11H17FN2O2/c1-16-7-8(5-6-15)14-10-4-2-3-9(12)11(10)13/h2-4,8,14-15H,5-7,13H2,1H3. The van der Waals surface area contributed by atoms with E-state index in [2.05, 4.69) is 5.32 Å². The second-order valence-electron chi connectivity index (χ2n) is 3.51. The normalized spacial score (nSPS) is 12.4. The largest absolute Gasteiger partial charge is 0.396 e. The molecule has 0 aliphatic heterocycles. The third kappa shape index (κ3) is 3.36. The van der Waals surface area contributed by atoms with Crippen LogP contribution in [0.4, 0.5) is 15.8 Å². The number of hydrogen-bond donors (Lipinski definition) is 3. The molecule has 5 heteroatoms. The van der Waals surface area contributed by atoms with Crippen LogP contribution < -0.4 is 11.1 Å². The number of benzene rings is 1. The van der Waals surface area contributed by atoms with Crippen LogP contribution in [-0.2, 0) is 4.74 Å². The first kappa shape index (κ1) is 12.7. The molecular formula is C11H17FN2O2. The number of hydrogen-bond acceptors (Lipinski definition) is 4. The van der Waals surface area contributed by atoms with Crippen molar-refractivity contribution in [2.75, 3.05) is 31.4 Å². The Morgan fingerprint density at radius 2 is 2.31 bits per heavy atom. The highest BCUT2D eigenvalue weighted by Crippen LogP contribution is 2.22. The van der Waals surface area contributed by atoms with Crippen molar-refractivity contribution in [1.29, 1.82) is 0 Å². The van der Waals surface area contributed by atoms with Crippen LogP contribution in [-0.4, -0.2) is 31.5 Å². The molecule has 0 aromatic heterocycles. The van der Waals surface area contributed by atoms with Crippen molar-refractivity contribution in [3.63, 3.8) is 0 Å². The second kappa shape index (κ2) is 6.30. The molecule has 90 valence electrons. The van der Waals surface area contributed by atoms with E-state index in [-0.39, 0.29) is 18.3 Å². The van der Waals surface area contributed by atoms with Crippen molar-refractivity contribution in [3.05, 3.63) is 24.0 Å². The number of nitrogens with two attached hydrogens (primary N) is 1. The van der Waals surface area contributed by atoms with Crippen molar-refractivity contribution in [2.24, 2.45) is 0 Å². The fraction of sp³-hybridized carbons (Fsp3) is 0.455. The van der Waals surface area contributed by atoms with Crippen LogP contribution in [0.25, 0.3) is 0 Å². The molecule has 16 heavy (non-hydrogen) atoms. The van der Waals surface area contributed by atoms with Crippen molar-refractivity contribution >= 4 is 11.4 Å². The van der Waals surface area contributed by atoms with Gasteiger partial charge in [0.15, 0.2) is 0 Å². The minimum Gasteiger partial charge on any atom is -0.396 e. The SMILES string of the molecule is COCC(CCO)Nc1cccc(F)c1N. The van der Waals surface area contributed by atoms with Gasteiger partial charge in [0.2, 0.25) is 0 Å². The van der Waals surface area contributed by atoms with Gasteiger partial charge in [-0.3, -0.25) is 0 Å². The van der Waals surface area contributed by atoms with Crippen LogP contribution in [0.15, 0.2) is 18.2 Å². The summed E-state index contributed by atoms with van der Waals surface area (Å²) in [5, 5.41) is 11.9. The highest BCUT2D eigenvalue weighted by Gasteiger charge is 2.10. The van der Waals surface area contributed by atoms with Gasteiger partial charge in [-0.2, -0.15) is 0 Å². The van der Waals surface area contributed by atoms with Crippen molar-refractivity contribution < 1.29 is 14.2 Å². The zero-order chi connectivity index (χ0) is 12.0. The van der Waals surface area contributed by atoms with E-state index in [1.54, 1.807) is 19.2 Å². The number of para-hydroxylation sites is 1. The van der Waals surface area contributed by atoms with Gasteiger partial charge < -0.3 is 20.9 Å². The van der Waals surface area contributed by atoms with Gasteiger partial charge in [-0.1, -0.05) is 6.07 Å². The Labute approximate surface area is 94.2 Å². The minimum absolute atomic E-state index is 0.0379. The first-order chi connectivity index (χ1) is 7.69. The van der Waals surface area contributed by atoms with Gasteiger partial charge in [-0.05, 0) is 18.6 Å². The van der Waals surface area contributed by atoms with Gasteiger partial charge in [-0.25, -0.2) is 4.39 Å². The van der Waals surface area contributed by atoms with Crippen LogP contribution in [0.5, 0.6) is 0 Å². The molecule has 4 nitrogen and oxygen atoms in total. The maximum absolute atomic E-state index is 13.2. The molecule has 4 N–H and O–H groups in total. The van der Waals surface area contributed by atoms with Crippen molar-refractivity contribution in [1.82, 2.24) is 0 Å². The molecule has 0 heterocycles. The van der Waals surface area contributed by atoms with Gasteiger partial charge in [-0.15, -0.1) is 0 Å². The molecule has 0 aliphatic rings. The van der Waals surface area contributed by atoms with Crippen LogP contribution >= 0.6 is 0 Å². The maximum Gasteiger partial charge on any atom is 0.148 e. The Kier molecular flexibility index (Phi) is 5.01. The summed E-state index contributed by atoms with van der Waals surface area (Å²) in [5.74, 6) is -0.454. The highest BCUT2D eigenvalue weighted by molar-refractivity contribution is 5.66. The molecule has 0 spiro atoms. The van der Waals surface area contributed by atoms with E-state index < -0.39 is 5.82 Å². The Hall–Kier alpha value is -1.33. The zero-order valence-corrected chi connectivity index (χ0v) is 9.24. The number of rotatable bonds is 6. The number of aliphatic hydroxyl groups excluding tert-OH is 1. The number of anilines is 2. The van der Waals surface area contributed by atoms with Gasteiger partial charge in [0.05, 0.1) is 24.0 Å². The lowest BCUT2D eigenvalue weighted by Gasteiger charge is -2.19. The first-order valence-electron chi connectivity index (χ1n) is 5.09. The van der Waals surface area contributed by atoms with Crippen LogP contribution in [0, 0.1) is 5.82 Å². The topological polar surface area (TPSA) is 67.5 Å². The summed E-state index contributed by atoms with van der Waals surface area (Å²) in [5.41, 5.74) is 6.19. The molecule has 0 amide bonds. The summed E-state index contributed by atoms with van der Waals surface area (Å²) in [6, 6.07) is 4.49. The molecule has 1 rings (SSSR count). The average molecular weight is 228 g/mol. The highest BCUT2D eigenvalue weighted by atomic mass is 19.1. The minimum atomic E-state index is -0.454. The van der Waals surface area contributed by atoms with E-state index in [4.69, 9.17) is 15.6 Å². The monoisotopic (exact) mass is 228 g/mol. The first-order valence-corrected chi connectivity index (χ1v) is 5.09. The molecule has 0 radical (unpaired) electrons. The summed E-state index contributed by atoms with van der Waals surface area (Å²) in [6.45, 7) is 0.465. The molecule has 1 atom stereocenters. The Morgan fingerprint density at radius 3 is 2.94 bits per heavy atom. The predicted octanol–water partition coefficient (Wildman–Crippen LogP) is 1.22. The van der Waals surface area contributed by atoms with Crippen LogP contribution in [0.3, 0.4) is 0 Å². The molecular weight excluding hydrogens is 211 g/mol. The average Bonchev–Trinajstić information content (AvgIpc) is 2.25. The fourth-order valence-electron chi connectivity index (χ4n) is 1.44. The quantitative estimate of drug-likeness (QED) is 0.640. The van der Waals surface area contributed by atoms with Gasteiger partial charge in [0.1, 0.15) is 5.82 Å². The molecule has 0 fully saturated rings. The van der Waals surface area contributed by atoms with Crippen LogP contribution in [0.2, 0.25) is 0 Å². The number of methoxy groups -OCH3 is 1. The second-order valence-corrected chi connectivity index (χ2v) is 3.51. The van der Waals surface area contributed by atoms with Crippen molar-refractivity contribution in [3.8, 4) is 0 Å². The van der Waals surface area contributed by atoms with E-state index in [0.29, 0.717) is 18.7 Å². The molecule has 0 saturated heterocycles. The third-order valence-electron chi connectivity index (χ3n) is 2.26. The fourth-order valence-corrected chi connectivity index (χ4v) is 1.44. The zero-order valence-electron chi connectivity index (χ0n) is 9.24. The lowest BCUT2D eigenvalue weighted by Crippen LogP contribution is -2.26. The third-order valence-corrected chi connectivity index (χ3v) is 2.26. The summed E-state index contributed by atoms with van der Waals surface area (Å²) in [7, 11) is 1.57. The summed E-state index contributed by atoms with van der Waals surface area (Å²) >= 11 is 0. The summed E-state index contributed by atoms with van der Waals surface area (Å²) in [6.07, 6.45) is 0.518. The Morgan fingerprint density at radius 1 is 1.56 bits per heavy atom. The van der Waals surface area contributed by atoms with E-state index in [1.807, 2.05) is 0 Å². The molecule has 0 bridgehead atoms. The Balaban J connectivity index is 2.72. The number of aliphatic hydroxyl groups is 1. The van der Waals surface area contributed by atoms with Gasteiger partial charge in [0, 0.05) is 13.7 Å². The molecule has 1 unspecified atom stereocenters. The molecule has 0 aliphatic carbocycles. The molecule has 1 aromatic carbocycles. The summed E-state index contributed by atoms with van der Waals surface area (Å²) in [4.78, 5) is 0. The maximum atomic E-state index is 13.2. The smallest absolute Gasteiger partial charge is 0.148 e. The number of halogens is 1.